The molecule has 20 heavy (non-hydrogen) atoms. The van der Waals surface area contributed by atoms with Gasteiger partial charge in [0, 0.05) is 13.0 Å². The van der Waals surface area contributed by atoms with Gasteiger partial charge >= 0.3 is 0 Å². The predicted octanol–water partition coefficient (Wildman–Crippen LogP) is 2.82. The Kier molecular flexibility index (Phi) is 3.83. The summed E-state index contributed by atoms with van der Waals surface area (Å²) < 4.78 is 5.53. The van der Waals surface area contributed by atoms with E-state index in [4.69, 9.17) is 10.3 Å². The molecule has 2 N–H and O–H groups in total. The van der Waals surface area contributed by atoms with E-state index >= 15 is 0 Å². The molecule has 0 atom stereocenters. The maximum atomic E-state index is 6.00. The second-order valence-corrected chi connectivity index (χ2v) is 5.72. The first-order chi connectivity index (χ1) is 9.82. The van der Waals surface area contributed by atoms with Crippen LogP contribution in [0.15, 0.2) is 34.9 Å². The van der Waals surface area contributed by atoms with Gasteiger partial charge in [-0.1, -0.05) is 54.8 Å². The number of hydrogen-bond donors (Lipinski definition) is 1. The molecule has 1 aromatic carbocycles. The smallest absolute Gasteiger partial charge is 0.234 e. The van der Waals surface area contributed by atoms with Gasteiger partial charge in [-0.05, 0) is 18.4 Å². The van der Waals surface area contributed by atoms with E-state index in [1.165, 1.54) is 24.8 Å². The lowest BCUT2D eigenvalue weighted by molar-refractivity contribution is 0.219. The van der Waals surface area contributed by atoms with Gasteiger partial charge in [-0.25, -0.2) is 0 Å². The van der Waals surface area contributed by atoms with Crippen molar-refractivity contribution in [2.75, 3.05) is 6.54 Å². The molecule has 0 radical (unpaired) electrons. The highest BCUT2D eigenvalue weighted by Crippen LogP contribution is 2.37. The van der Waals surface area contributed by atoms with Crippen LogP contribution >= 0.6 is 0 Å². The molecule has 0 bridgehead atoms. The Bertz CT molecular complexity index is 544. The molecule has 1 aromatic heterocycles. The topological polar surface area (TPSA) is 64.9 Å². The van der Waals surface area contributed by atoms with Gasteiger partial charge in [0.25, 0.3) is 0 Å². The van der Waals surface area contributed by atoms with Crippen LogP contribution in [0, 0.1) is 0 Å². The molecule has 3 rings (SSSR count). The summed E-state index contributed by atoms with van der Waals surface area (Å²) in [5.41, 5.74) is 7.12. The van der Waals surface area contributed by atoms with E-state index in [0.717, 1.165) is 24.6 Å². The van der Waals surface area contributed by atoms with Crippen molar-refractivity contribution in [2.24, 2.45) is 5.73 Å². The minimum Gasteiger partial charge on any atom is -0.339 e. The number of hydrogen-bond acceptors (Lipinski definition) is 4. The van der Waals surface area contributed by atoms with E-state index in [1.54, 1.807) is 0 Å². The fourth-order valence-corrected chi connectivity index (χ4v) is 3.05. The van der Waals surface area contributed by atoms with E-state index in [-0.39, 0.29) is 5.41 Å². The Morgan fingerprint density at radius 2 is 1.85 bits per heavy atom. The van der Waals surface area contributed by atoms with Crippen molar-refractivity contribution in [2.45, 2.75) is 43.9 Å². The second-order valence-electron chi connectivity index (χ2n) is 5.72. The van der Waals surface area contributed by atoms with Crippen LogP contribution in [0.3, 0.4) is 0 Å². The molecular formula is C16H21N3O. The zero-order valence-corrected chi connectivity index (χ0v) is 11.7. The first-order valence-corrected chi connectivity index (χ1v) is 7.39. The molecule has 0 spiro atoms. The maximum Gasteiger partial charge on any atom is 0.234 e. The molecule has 1 fully saturated rings. The van der Waals surface area contributed by atoms with Crippen LogP contribution in [0.4, 0.5) is 0 Å². The summed E-state index contributed by atoms with van der Waals surface area (Å²) >= 11 is 0. The van der Waals surface area contributed by atoms with E-state index in [0.29, 0.717) is 13.0 Å². The number of benzene rings is 1. The number of aromatic nitrogens is 2. The van der Waals surface area contributed by atoms with Crippen LogP contribution < -0.4 is 5.73 Å². The summed E-state index contributed by atoms with van der Waals surface area (Å²) in [5.74, 6) is 1.50. The summed E-state index contributed by atoms with van der Waals surface area (Å²) in [6, 6.07) is 10.2. The Balaban J connectivity index is 1.79. The first kappa shape index (κ1) is 13.3. The van der Waals surface area contributed by atoms with Crippen molar-refractivity contribution in [3.63, 3.8) is 0 Å². The third-order valence-corrected chi connectivity index (χ3v) is 4.33. The van der Waals surface area contributed by atoms with Crippen LogP contribution in [0.1, 0.15) is 49.4 Å². The van der Waals surface area contributed by atoms with E-state index in [9.17, 15) is 0 Å². The molecule has 1 saturated carbocycles. The average molecular weight is 271 g/mol. The Morgan fingerprint density at radius 3 is 2.55 bits per heavy atom. The van der Waals surface area contributed by atoms with Gasteiger partial charge in [0.1, 0.15) is 0 Å². The van der Waals surface area contributed by atoms with Crippen molar-refractivity contribution in [1.29, 1.82) is 0 Å². The fraction of sp³-hybridized carbons (Fsp3) is 0.500. The van der Waals surface area contributed by atoms with Gasteiger partial charge in [-0.3, -0.25) is 0 Å². The standard InChI is InChI=1S/C16H21N3O/c17-12-16(9-5-2-6-10-16)15-18-14(19-20-15)11-13-7-3-1-4-8-13/h1,3-4,7-8H,2,5-6,9-12,17H2. The second kappa shape index (κ2) is 5.75. The van der Waals surface area contributed by atoms with Gasteiger partial charge in [0.05, 0.1) is 5.41 Å². The maximum absolute atomic E-state index is 6.00. The normalized spacial score (nSPS) is 18.1. The molecule has 1 aliphatic rings. The van der Waals surface area contributed by atoms with Crippen LogP contribution in [0.2, 0.25) is 0 Å². The molecule has 1 heterocycles. The largest absolute Gasteiger partial charge is 0.339 e. The number of nitrogens with two attached hydrogens (primary N) is 1. The summed E-state index contributed by atoms with van der Waals surface area (Å²) in [6.45, 7) is 0.597. The van der Waals surface area contributed by atoms with Gasteiger partial charge in [-0.15, -0.1) is 0 Å². The highest BCUT2D eigenvalue weighted by atomic mass is 16.5. The Morgan fingerprint density at radius 1 is 1.10 bits per heavy atom. The monoisotopic (exact) mass is 271 g/mol. The highest BCUT2D eigenvalue weighted by Gasteiger charge is 2.37. The summed E-state index contributed by atoms with van der Waals surface area (Å²) in [6.07, 6.45) is 6.53. The lowest BCUT2D eigenvalue weighted by Crippen LogP contribution is -2.37. The molecule has 2 aromatic rings. The fourth-order valence-electron chi connectivity index (χ4n) is 3.05. The van der Waals surface area contributed by atoms with Crippen molar-refractivity contribution >= 4 is 0 Å². The summed E-state index contributed by atoms with van der Waals surface area (Å²) in [4.78, 5) is 4.61. The van der Waals surface area contributed by atoms with Gasteiger partial charge in [0.2, 0.25) is 5.89 Å². The van der Waals surface area contributed by atoms with Crippen LogP contribution in [0.25, 0.3) is 0 Å². The molecule has 4 nitrogen and oxygen atoms in total. The molecule has 0 saturated heterocycles. The predicted molar refractivity (Wildman–Crippen MR) is 77.4 cm³/mol. The third-order valence-electron chi connectivity index (χ3n) is 4.33. The molecule has 0 unspecified atom stereocenters. The third kappa shape index (κ3) is 2.61. The van der Waals surface area contributed by atoms with Crippen LogP contribution in [-0.4, -0.2) is 16.7 Å². The van der Waals surface area contributed by atoms with Gasteiger partial charge in [-0.2, -0.15) is 4.98 Å². The molecule has 0 amide bonds. The zero-order chi connectivity index (χ0) is 13.8. The van der Waals surface area contributed by atoms with E-state index in [2.05, 4.69) is 22.3 Å². The van der Waals surface area contributed by atoms with Crippen molar-refractivity contribution in [3.8, 4) is 0 Å². The summed E-state index contributed by atoms with van der Waals surface area (Å²) in [5, 5.41) is 4.14. The minimum atomic E-state index is -0.0831. The molecule has 0 aliphatic heterocycles. The van der Waals surface area contributed by atoms with Crippen molar-refractivity contribution in [1.82, 2.24) is 10.1 Å². The lowest BCUT2D eigenvalue weighted by Gasteiger charge is -2.32. The number of rotatable bonds is 4. The van der Waals surface area contributed by atoms with Gasteiger partial charge < -0.3 is 10.3 Å². The molecule has 1 aliphatic carbocycles. The molecule has 4 heteroatoms. The average Bonchev–Trinajstić information content (AvgIpc) is 2.98. The van der Waals surface area contributed by atoms with Crippen molar-refractivity contribution < 1.29 is 4.52 Å². The minimum absolute atomic E-state index is 0.0831. The Hall–Kier alpha value is -1.68. The van der Waals surface area contributed by atoms with E-state index in [1.807, 2.05) is 18.2 Å². The lowest BCUT2D eigenvalue weighted by atomic mass is 9.74. The van der Waals surface area contributed by atoms with Gasteiger partial charge in [0.15, 0.2) is 5.82 Å². The van der Waals surface area contributed by atoms with Crippen LogP contribution in [-0.2, 0) is 11.8 Å². The SMILES string of the molecule is NCC1(c2nc(Cc3ccccc3)no2)CCCCC1. The first-order valence-electron chi connectivity index (χ1n) is 7.39. The zero-order valence-electron chi connectivity index (χ0n) is 11.7. The van der Waals surface area contributed by atoms with E-state index < -0.39 is 0 Å². The summed E-state index contributed by atoms with van der Waals surface area (Å²) in [7, 11) is 0. The highest BCUT2D eigenvalue weighted by molar-refractivity contribution is 5.19. The van der Waals surface area contributed by atoms with Crippen LogP contribution in [0.5, 0.6) is 0 Å². The molecule has 106 valence electrons. The number of nitrogens with zero attached hydrogens (tertiary/aromatic N) is 2. The van der Waals surface area contributed by atoms with Crippen molar-refractivity contribution in [3.05, 3.63) is 47.6 Å². The molecular weight excluding hydrogens is 250 g/mol. The Labute approximate surface area is 119 Å². The quantitative estimate of drug-likeness (QED) is 0.928.